The molecule has 1 amide bonds. The summed E-state index contributed by atoms with van der Waals surface area (Å²) in [5.41, 5.74) is 2.73. The highest BCUT2D eigenvalue weighted by Crippen LogP contribution is 2.31. The van der Waals surface area contributed by atoms with Crippen LogP contribution in [0.15, 0.2) is 47.9 Å². The Balaban J connectivity index is 1.64. The van der Waals surface area contributed by atoms with Crippen LogP contribution in [0.1, 0.15) is 31.2 Å². The minimum Gasteiger partial charge on any atom is -0.353 e. The number of hydrogen-bond donors (Lipinski definition) is 1. The molecule has 6 nitrogen and oxygen atoms in total. The lowest BCUT2D eigenvalue weighted by Gasteiger charge is -2.14. The van der Waals surface area contributed by atoms with Gasteiger partial charge in [-0.3, -0.25) is 14.3 Å². The first kappa shape index (κ1) is 19.9. The van der Waals surface area contributed by atoms with Gasteiger partial charge in [-0.2, -0.15) is 0 Å². The topological polar surface area (TPSA) is 72.7 Å². The van der Waals surface area contributed by atoms with Gasteiger partial charge in [-0.1, -0.05) is 42.3 Å². The zero-order valence-corrected chi connectivity index (χ0v) is 17.7. The highest BCUT2D eigenvalue weighted by molar-refractivity contribution is 7.99. The van der Waals surface area contributed by atoms with E-state index < -0.39 is 0 Å². The Kier molecular flexibility index (Phi) is 6.16. The number of nitrogens with zero attached hydrogens (tertiary/aromatic N) is 4. The number of aromatic nitrogens is 4. The second kappa shape index (κ2) is 8.97. The van der Waals surface area contributed by atoms with Gasteiger partial charge in [0.15, 0.2) is 11.0 Å². The molecule has 0 bridgehead atoms. The van der Waals surface area contributed by atoms with Crippen molar-refractivity contribution in [1.82, 2.24) is 25.1 Å². The molecule has 0 radical (unpaired) electrons. The zero-order chi connectivity index (χ0) is 20.2. The van der Waals surface area contributed by atoms with Crippen LogP contribution in [-0.4, -0.2) is 37.5 Å². The van der Waals surface area contributed by atoms with E-state index in [2.05, 4.69) is 20.5 Å². The zero-order valence-electron chi connectivity index (χ0n) is 16.1. The van der Waals surface area contributed by atoms with E-state index in [1.807, 2.05) is 41.8 Å². The molecule has 2 aromatic heterocycles. The lowest BCUT2D eigenvalue weighted by molar-refractivity contribution is -0.119. The minimum absolute atomic E-state index is 0.0322. The van der Waals surface area contributed by atoms with Crippen LogP contribution in [0.25, 0.3) is 17.1 Å². The lowest BCUT2D eigenvalue weighted by Crippen LogP contribution is -2.33. The molecular formula is C21H22ClN5OS. The third kappa shape index (κ3) is 4.46. The van der Waals surface area contributed by atoms with Crippen molar-refractivity contribution in [3.63, 3.8) is 0 Å². The number of hydrogen-bond acceptors (Lipinski definition) is 5. The van der Waals surface area contributed by atoms with Crippen molar-refractivity contribution in [1.29, 1.82) is 0 Å². The van der Waals surface area contributed by atoms with Crippen LogP contribution in [0, 0.1) is 6.92 Å². The van der Waals surface area contributed by atoms with Crippen LogP contribution in [0.2, 0.25) is 5.02 Å². The molecule has 1 aliphatic rings. The average Bonchev–Trinajstić information content (AvgIpc) is 3.39. The summed E-state index contributed by atoms with van der Waals surface area (Å²) < 4.78 is 1.96. The molecule has 29 heavy (non-hydrogen) atoms. The summed E-state index contributed by atoms with van der Waals surface area (Å²) in [6.45, 7) is 1.97. The molecule has 1 aromatic carbocycles. The first-order chi connectivity index (χ1) is 14.1. The molecule has 2 heterocycles. The number of thioether (sulfide) groups is 1. The fraction of sp³-hybridized carbons (Fsp3) is 0.333. The third-order valence-electron chi connectivity index (χ3n) is 5.10. The monoisotopic (exact) mass is 427 g/mol. The first-order valence-electron chi connectivity index (χ1n) is 9.67. The SMILES string of the molecule is Cc1c(Cl)cccc1-n1c(SCC(=O)NC2CCCC2)nnc1-c1ccncc1. The Morgan fingerprint density at radius 2 is 1.97 bits per heavy atom. The maximum atomic E-state index is 12.4. The molecular weight excluding hydrogens is 406 g/mol. The fourth-order valence-corrected chi connectivity index (χ4v) is 4.50. The van der Waals surface area contributed by atoms with Gasteiger partial charge in [-0.25, -0.2) is 0 Å². The molecule has 150 valence electrons. The Morgan fingerprint density at radius 1 is 1.21 bits per heavy atom. The molecule has 1 fully saturated rings. The van der Waals surface area contributed by atoms with Crippen LogP contribution in [0.4, 0.5) is 0 Å². The van der Waals surface area contributed by atoms with E-state index >= 15 is 0 Å². The molecule has 1 N–H and O–H groups in total. The van der Waals surface area contributed by atoms with E-state index in [0.717, 1.165) is 29.7 Å². The number of carbonyl (C=O) groups is 1. The fourth-order valence-electron chi connectivity index (χ4n) is 3.58. The Labute approximate surface area is 179 Å². The van der Waals surface area contributed by atoms with Gasteiger partial charge in [0.2, 0.25) is 5.91 Å². The molecule has 4 rings (SSSR count). The van der Waals surface area contributed by atoms with Gasteiger partial charge >= 0.3 is 0 Å². The van der Waals surface area contributed by atoms with Crippen molar-refractivity contribution in [2.45, 2.75) is 43.8 Å². The predicted molar refractivity (Wildman–Crippen MR) is 115 cm³/mol. The molecule has 0 unspecified atom stereocenters. The van der Waals surface area contributed by atoms with Crippen LogP contribution >= 0.6 is 23.4 Å². The van der Waals surface area contributed by atoms with Crippen molar-refractivity contribution >= 4 is 29.3 Å². The summed E-state index contributed by atoms with van der Waals surface area (Å²) in [4.78, 5) is 16.5. The largest absolute Gasteiger partial charge is 0.353 e. The van der Waals surface area contributed by atoms with Crippen LogP contribution in [0.3, 0.4) is 0 Å². The molecule has 0 saturated heterocycles. The van der Waals surface area contributed by atoms with E-state index in [9.17, 15) is 4.79 Å². The Morgan fingerprint density at radius 3 is 2.72 bits per heavy atom. The second-order valence-corrected chi connectivity index (χ2v) is 8.45. The van der Waals surface area contributed by atoms with E-state index in [-0.39, 0.29) is 5.91 Å². The Bertz CT molecular complexity index is 1000. The maximum Gasteiger partial charge on any atom is 0.230 e. The van der Waals surface area contributed by atoms with Gasteiger partial charge in [-0.05, 0) is 49.6 Å². The van der Waals surface area contributed by atoms with Crippen molar-refractivity contribution in [2.75, 3.05) is 5.75 Å². The summed E-state index contributed by atoms with van der Waals surface area (Å²) in [6, 6.07) is 9.84. The maximum absolute atomic E-state index is 12.4. The van der Waals surface area contributed by atoms with E-state index in [4.69, 9.17) is 11.6 Å². The standard InChI is InChI=1S/C21H22ClN5OS/c1-14-17(22)7-4-8-18(14)27-20(15-9-11-23-12-10-15)25-26-21(27)29-13-19(28)24-16-5-2-3-6-16/h4,7-12,16H,2-3,5-6,13H2,1H3,(H,24,28). The quantitative estimate of drug-likeness (QED) is 0.588. The summed E-state index contributed by atoms with van der Waals surface area (Å²) in [6.07, 6.45) is 7.97. The smallest absolute Gasteiger partial charge is 0.230 e. The van der Waals surface area contributed by atoms with Crippen molar-refractivity contribution < 1.29 is 4.79 Å². The van der Waals surface area contributed by atoms with Gasteiger partial charge in [0.25, 0.3) is 0 Å². The molecule has 3 aromatic rings. The summed E-state index contributed by atoms with van der Waals surface area (Å²) >= 11 is 7.75. The third-order valence-corrected chi connectivity index (χ3v) is 6.44. The second-order valence-electron chi connectivity index (χ2n) is 7.10. The number of benzene rings is 1. The molecule has 1 aliphatic carbocycles. The number of nitrogens with one attached hydrogen (secondary N) is 1. The van der Waals surface area contributed by atoms with E-state index in [1.165, 1.54) is 24.6 Å². The van der Waals surface area contributed by atoms with Gasteiger partial charge in [0, 0.05) is 29.0 Å². The number of amides is 1. The van der Waals surface area contributed by atoms with Gasteiger partial charge < -0.3 is 5.32 Å². The first-order valence-corrected chi connectivity index (χ1v) is 11.0. The lowest BCUT2D eigenvalue weighted by atomic mass is 10.2. The van der Waals surface area contributed by atoms with Crippen molar-refractivity contribution in [3.8, 4) is 17.1 Å². The van der Waals surface area contributed by atoms with E-state index in [0.29, 0.717) is 27.8 Å². The number of halogens is 1. The van der Waals surface area contributed by atoms with E-state index in [1.54, 1.807) is 12.4 Å². The summed E-state index contributed by atoms with van der Waals surface area (Å²) in [5, 5.41) is 13.2. The number of pyridine rings is 1. The van der Waals surface area contributed by atoms with Crippen molar-refractivity contribution in [3.05, 3.63) is 53.3 Å². The predicted octanol–water partition coefficient (Wildman–Crippen LogP) is 4.44. The van der Waals surface area contributed by atoms with Crippen molar-refractivity contribution in [2.24, 2.45) is 0 Å². The molecule has 8 heteroatoms. The molecule has 0 spiro atoms. The van der Waals surface area contributed by atoms with Gasteiger partial charge in [0.05, 0.1) is 11.4 Å². The highest BCUT2D eigenvalue weighted by Gasteiger charge is 2.21. The average molecular weight is 428 g/mol. The number of rotatable bonds is 6. The van der Waals surface area contributed by atoms with Crippen LogP contribution < -0.4 is 5.32 Å². The minimum atomic E-state index is 0.0322. The number of carbonyl (C=O) groups excluding carboxylic acids is 1. The van der Waals surface area contributed by atoms with Crippen LogP contribution in [0.5, 0.6) is 0 Å². The normalized spacial score (nSPS) is 14.3. The van der Waals surface area contributed by atoms with Crippen LogP contribution in [-0.2, 0) is 4.79 Å². The molecule has 0 atom stereocenters. The van der Waals surface area contributed by atoms with Gasteiger partial charge in [0.1, 0.15) is 0 Å². The molecule has 1 saturated carbocycles. The van der Waals surface area contributed by atoms with Gasteiger partial charge in [-0.15, -0.1) is 10.2 Å². The molecule has 0 aliphatic heterocycles. The highest BCUT2D eigenvalue weighted by atomic mass is 35.5. The summed E-state index contributed by atoms with van der Waals surface area (Å²) in [5.74, 6) is 1.02. The summed E-state index contributed by atoms with van der Waals surface area (Å²) in [7, 11) is 0. The Hall–Kier alpha value is -2.38.